The SMILES string of the molecule is CN/C(=C\N)CNc1cc(NC2CCC(F)(F)CC2)nc(-n2nc(C)cc2C)c1. The number of pyridine rings is 1. The highest BCUT2D eigenvalue weighted by Gasteiger charge is 2.35. The van der Waals surface area contributed by atoms with Crippen molar-refractivity contribution in [1.29, 1.82) is 0 Å². The molecule has 5 N–H and O–H groups in total. The first kappa shape index (κ1) is 20.9. The van der Waals surface area contributed by atoms with Gasteiger partial charge in [-0.05, 0) is 32.8 Å². The van der Waals surface area contributed by atoms with Gasteiger partial charge < -0.3 is 21.7 Å². The van der Waals surface area contributed by atoms with Gasteiger partial charge in [-0.3, -0.25) is 0 Å². The average Bonchev–Trinajstić information content (AvgIpc) is 3.02. The number of hydrogen-bond acceptors (Lipinski definition) is 6. The van der Waals surface area contributed by atoms with Gasteiger partial charge in [0.05, 0.1) is 12.2 Å². The Morgan fingerprint density at radius 3 is 2.59 bits per heavy atom. The number of aryl methyl sites for hydroxylation is 2. The van der Waals surface area contributed by atoms with E-state index in [2.05, 4.69) is 26.0 Å². The van der Waals surface area contributed by atoms with Crippen molar-refractivity contribution in [1.82, 2.24) is 20.1 Å². The van der Waals surface area contributed by atoms with Crippen LogP contribution in [-0.2, 0) is 0 Å². The van der Waals surface area contributed by atoms with Crippen LogP contribution in [0.3, 0.4) is 0 Å². The lowest BCUT2D eigenvalue weighted by Crippen LogP contribution is -2.32. The number of nitrogens with one attached hydrogen (secondary N) is 3. The molecule has 1 saturated carbocycles. The van der Waals surface area contributed by atoms with E-state index in [1.165, 1.54) is 6.20 Å². The van der Waals surface area contributed by atoms with Crippen LogP contribution in [0, 0.1) is 13.8 Å². The summed E-state index contributed by atoms with van der Waals surface area (Å²) in [6.45, 7) is 4.41. The van der Waals surface area contributed by atoms with Crippen LogP contribution < -0.4 is 21.7 Å². The Hall–Kier alpha value is -2.84. The molecular formula is C20H29F2N7. The lowest BCUT2D eigenvalue weighted by atomic mass is 9.92. The van der Waals surface area contributed by atoms with Gasteiger partial charge in [-0.2, -0.15) is 5.10 Å². The monoisotopic (exact) mass is 405 g/mol. The molecule has 0 aliphatic heterocycles. The third-order valence-electron chi connectivity index (χ3n) is 5.11. The summed E-state index contributed by atoms with van der Waals surface area (Å²) in [4.78, 5) is 4.68. The van der Waals surface area contributed by atoms with Crippen LogP contribution >= 0.6 is 0 Å². The van der Waals surface area contributed by atoms with Gasteiger partial charge in [0.15, 0.2) is 5.82 Å². The zero-order chi connectivity index (χ0) is 21.0. The van der Waals surface area contributed by atoms with Crippen LogP contribution in [0.2, 0.25) is 0 Å². The highest BCUT2D eigenvalue weighted by molar-refractivity contribution is 5.58. The molecule has 0 atom stereocenters. The molecule has 7 nitrogen and oxygen atoms in total. The Balaban J connectivity index is 1.85. The molecule has 2 aromatic rings. The first-order valence-corrected chi connectivity index (χ1v) is 9.82. The van der Waals surface area contributed by atoms with E-state index in [4.69, 9.17) is 5.73 Å². The number of halogens is 2. The Morgan fingerprint density at radius 2 is 2.00 bits per heavy atom. The molecule has 9 heteroatoms. The van der Waals surface area contributed by atoms with E-state index in [9.17, 15) is 8.78 Å². The van der Waals surface area contributed by atoms with Crippen molar-refractivity contribution < 1.29 is 8.78 Å². The molecule has 0 radical (unpaired) electrons. The maximum atomic E-state index is 13.5. The molecule has 1 fully saturated rings. The number of aromatic nitrogens is 3. The van der Waals surface area contributed by atoms with Crippen LogP contribution in [0.5, 0.6) is 0 Å². The lowest BCUT2D eigenvalue weighted by Gasteiger charge is -2.29. The minimum atomic E-state index is -2.55. The summed E-state index contributed by atoms with van der Waals surface area (Å²) in [5.74, 6) is -1.26. The number of nitrogens with zero attached hydrogens (tertiary/aromatic N) is 3. The van der Waals surface area contributed by atoms with Gasteiger partial charge in [0.2, 0.25) is 5.92 Å². The molecule has 0 unspecified atom stereocenters. The van der Waals surface area contributed by atoms with E-state index < -0.39 is 5.92 Å². The molecule has 1 aliphatic carbocycles. The summed E-state index contributed by atoms with van der Waals surface area (Å²) in [7, 11) is 1.81. The second-order valence-electron chi connectivity index (χ2n) is 7.51. The van der Waals surface area contributed by atoms with E-state index in [-0.39, 0.29) is 18.9 Å². The zero-order valence-corrected chi connectivity index (χ0v) is 17.1. The standard InChI is InChI=1S/C20H29F2N7/c1-13-8-14(2)29(28-13)19-10-16(25-12-17(11-23)24-3)9-18(27-19)26-15-4-6-20(21,22)7-5-15/h8-11,15,24H,4-7,12,23H2,1-3H3,(H2,25,26,27)/b17-11-. The second-order valence-corrected chi connectivity index (χ2v) is 7.51. The Labute approximate surface area is 169 Å². The van der Waals surface area contributed by atoms with Gasteiger partial charge in [-0.25, -0.2) is 18.4 Å². The molecule has 0 bridgehead atoms. The van der Waals surface area contributed by atoms with E-state index in [1.807, 2.05) is 32.0 Å². The van der Waals surface area contributed by atoms with Crippen molar-refractivity contribution in [2.75, 3.05) is 24.2 Å². The van der Waals surface area contributed by atoms with E-state index >= 15 is 0 Å². The number of alkyl halides is 2. The van der Waals surface area contributed by atoms with E-state index in [1.54, 1.807) is 11.7 Å². The largest absolute Gasteiger partial charge is 0.403 e. The topological polar surface area (TPSA) is 92.8 Å². The number of nitrogens with two attached hydrogens (primary N) is 1. The fraction of sp³-hybridized carbons (Fsp3) is 0.500. The summed E-state index contributed by atoms with van der Waals surface area (Å²) < 4.78 is 28.7. The highest BCUT2D eigenvalue weighted by atomic mass is 19.3. The molecule has 2 heterocycles. The summed E-state index contributed by atoms with van der Waals surface area (Å²) in [6, 6.07) is 5.74. The third kappa shape index (κ3) is 5.36. The molecule has 0 aromatic carbocycles. The molecule has 2 aromatic heterocycles. The van der Waals surface area contributed by atoms with Crippen LogP contribution in [0.15, 0.2) is 30.1 Å². The normalized spacial score (nSPS) is 17.2. The Kier molecular flexibility index (Phi) is 6.24. The average molecular weight is 405 g/mol. The summed E-state index contributed by atoms with van der Waals surface area (Å²) in [5.41, 5.74) is 9.15. The fourth-order valence-electron chi connectivity index (χ4n) is 3.48. The lowest BCUT2D eigenvalue weighted by molar-refractivity contribution is -0.0361. The number of rotatable bonds is 7. The van der Waals surface area contributed by atoms with Crippen molar-refractivity contribution in [2.45, 2.75) is 51.5 Å². The van der Waals surface area contributed by atoms with Crippen molar-refractivity contribution in [3.63, 3.8) is 0 Å². The minimum Gasteiger partial charge on any atom is -0.403 e. The summed E-state index contributed by atoms with van der Waals surface area (Å²) >= 11 is 0. The van der Waals surface area contributed by atoms with E-state index in [0.29, 0.717) is 31.0 Å². The number of anilines is 2. The first-order chi connectivity index (χ1) is 13.8. The molecule has 0 amide bonds. The van der Waals surface area contributed by atoms with Crippen molar-refractivity contribution in [3.8, 4) is 5.82 Å². The van der Waals surface area contributed by atoms with Gasteiger partial charge in [0.1, 0.15) is 5.82 Å². The van der Waals surface area contributed by atoms with Crippen molar-refractivity contribution in [2.24, 2.45) is 5.73 Å². The van der Waals surface area contributed by atoms with Gasteiger partial charge in [-0.15, -0.1) is 0 Å². The molecule has 1 aliphatic rings. The van der Waals surface area contributed by atoms with Crippen molar-refractivity contribution in [3.05, 3.63) is 41.5 Å². The van der Waals surface area contributed by atoms with E-state index in [0.717, 1.165) is 22.8 Å². The third-order valence-corrected chi connectivity index (χ3v) is 5.11. The maximum Gasteiger partial charge on any atom is 0.248 e. The highest BCUT2D eigenvalue weighted by Crippen LogP contribution is 2.34. The molecule has 0 spiro atoms. The predicted octanol–water partition coefficient (Wildman–Crippen LogP) is 3.31. The van der Waals surface area contributed by atoms with Crippen LogP contribution in [0.1, 0.15) is 37.1 Å². The van der Waals surface area contributed by atoms with Gasteiger partial charge in [-0.1, -0.05) is 0 Å². The number of hydrogen-bond donors (Lipinski definition) is 4. The minimum absolute atomic E-state index is 0.0255. The maximum absolute atomic E-state index is 13.5. The van der Waals surface area contributed by atoms with Gasteiger partial charge >= 0.3 is 0 Å². The number of likely N-dealkylation sites (N-methyl/N-ethyl adjacent to an activating group) is 1. The van der Waals surface area contributed by atoms with Gasteiger partial charge in [0, 0.05) is 61.3 Å². The summed E-state index contributed by atoms with van der Waals surface area (Å²) in [5, 5.41) is 14.2. The van der Waals surface area contributed by atoms with Crippen LogP contribution in [0.4, 0.5) is 20.3 Å². The molecular weight excluding hydrogens is 376 g/mol. The smallest absolute Gasteiger partial charge is 0.248 e. The quantitative estimate of drug-likeness (QED) is 0.565. The molecule has 29 heavy (non-hydrogen) atoms. The zero-order valence-electron chi connectivity index (χ0n) is 17.1. The predicted molar refractivity (Wildman–Crippen MR) is 111 cm³/mol. The van der Waals surface area contributed by atoms with Gasteiger partial charge in [0.25, 0.3) is 0 Å². The Bertz CT molecular complexity index is 866. The molecule has 0 saturated heterocycles. The Morgan fingerprint density at radius 1 is 1.28 bits per heavy atom. The van der Waals surface area contributed by atoms with Crippen LogP contribution in [-0.4, -0.2) is 40.3 Å². The van der Waals surface area contributed by atoms with Crippen LogP contribution in [0.25, 0.3) is 5.82 Å². The van der Waals surface area contributed by atoms with Crippen molar-refractivity contribution >= 4 is 11.5 Å². The second kappa shape index (κ2) is 8.67. The fourth-order valence-corrected chi connectivity index (χ4v) is 3.48. The molecule has 158 valence electrons. The molecule has 3 rings (SSSR count). The summed E-state index contributed by atoms with van der Waals surface area (Å²) in [6.07, 6.45) is 2.15. The first-order valence-electron chi connectivity index (χ1n) is 9.82.